The van der Waals surface area contributed by atoms with Crippen molar-refractivity contribution in [3.63, 3.8) is 0 Å². The van der Waals surface area contributed by atoms with Crippen molar-refractivity contribution in [2.24, 2.45) is 4.40 Å². The monoisotopic (exact) mass is 618 g/mol. The lowest BCUT2D eigenvalue weighted by Crippen LogP contribution is -2.23. The zero-order chi connectivity index (χ0) is 14.6. The molecule has 0 fully saturated rings. The van der Waals surface area contributed by atoms with Gasteiger partial charge in [0.1, 0.15) is 0 Å². The molecule has 0 saturated carbocycles. The maximum atomic E-state index is 12.0. The predicted molar refractivity (Wildman–Crippen MR) is 99.8 cm³/mol. The molecule has 0 aliphatic rings. The Hall–Kier alpha value is 0.830. The van der Waals surface area contributed by atoms with E-state index in [4.69, 9.17) is 0 Å². The third kappa shape index (κ3) is 5.61. The molecule has 1 aromatic carbocycles. The van der Waals surface area contributed by atoms with E-state index in [1.54, 1.807) is 6.07 Å². The minimum absolute atomic E-state index is 0.0766. The van der Waals surface area contributed by atoms with Gasteiger partial charge >= 0.3 is 0 Å². The molecule has 0 N–H and O–H groups in total. The summed E-state index contributed by atoms with van der Waals surface area (Å²) in [4.78, 5) is 0. The van der Waals surface area contributed by atoms with Crippen molar-refractivity contribution in [2.45, 2.75) is 19.8 Å². The zero-order valence-corrected chi connectivity index (χ0v) is 17.3. The third-order valence-electron chi connectivity index (χ3n) is 2.20. The molecule has 0 aliphatic heterocycles. The Labute approximate surface area is 153 Å². The lowest BCUT2D eigenvalue weighted by molar-refractivity contribution is -0.212. The number of rotatable bonds is 5. The van der Waals surface area contributed by atoms with Crippen LogP contribution in [0.5, 0.6) is 0 Å². The first-order valence-electron chi connectivity index (χ1n) is 5.41. The number of unbranched alkanes of at least 4 members (excludes halogenated alkanes) is 1. The highest BCUT2D eigenvalue weighted by Gasteiger charge is 2.10. The fourth-order valence-electron chi connectivity index (χ4n) is 1.26. The first-order valence-corrected chi connectivity index (χ1v) is 10.3. The Morgan fingerprint density at radius 2 is 1.95 bits per heavy atom. The number of hydrogen-bond donors (Lipinski definition) is 0. The largest absolute Gasteiger partial charge is 0.858 e. The maximum Gasteiger partial charge on any atom is 0.252 e. The topological polar surface area (TPSA) is 69.6 Å². The first kappa shape index (κ1) is 17.9. The molecule has 0 bridgehead atoms. The number of sulfonamides is 1. The third-order valence-corrected chi connectivity index (χ3v) is 7.12. The summed E-state index contributed by atoms with van der Waals surface area (Å²) in [7, 11) is -3.67. The van der Waals surface area contributed by atoms with Gasteiger partial charge in [-0.1, -0.05) is 13.3 Å². The summed E-state index contributed by atoms with van der Waals surface area (Å²) in [5, 5.41) is 12.0. The van der Waals surface area contributed by atoms with Crippen LogP contribution in [-0.4, -0.2) is 20.1 Å². The Balaban J connectivity index is 3.17. The molecule has 0 saturated heterocycles. The average Bonchev–Trinajstić information content (AvgIpc) is 2.30. The van der Waals surface area contributed by atoms with Crippen molar-refractivity contribution in [3.8, 4) is 0 Å². The molecule has 0 amide bonds. The van der Waals surface area contributed by atoms with E-state index in [1.807, 2.05) is 35.6 Å². The van der Waals surface area contributed by atoms with Crippen LogP contribution in [0.1, 0.15) is 25.3 Å². The van der Waals surface area contributed by atoms with Gasteiger partial charge in [-0.05, 0) is 86.3 Å². The van der Waals surface area contributed by atoms with Gasteiger partial charge in [0.2, 0.25) is 0 Å². The summed E-state index contributed by atoms with van der Waals surface area (Å²) in [6.07, 6.45) is 1.27. The minimum atomic E-state index is -3.67. The van der Waals surface area contributed by atoms with Crippen LogP contribution in [0.4, 0.5) is 0 Å². The Morgan fingerprint density at radius 3 is 2.53 bits per heavy atom. The van der Waals surface area contributed by atoms with Gasteiger partial charge in [0.25, 0.3) is 10.0 Å². The summed E-state index contributed by atoms with van der Waals surface area (Å²) in [5.41, 5.74) is 0.344. The summed E-state index contributed by atoms with van der Waals surface area (Å²) >= 11 is 6.23. The van der Waals surface area contributed by atoms with Crippen molar-refractivity contribution in [1.29, 1.82) is 0 Å². The first-order chi connectivity index (χ1) is 8.76. The normalized spacial score (nSPS) is 12.7. The van der Waals surface area contributed by atoms with Crippen LogP contribution in [0, 0.1) is 10.7 Å². The molecule has 0 aliphatic carbocycles. The molecule has 8 heteroatoms. The molecule has 0 radical (unpaired) electrons. The van der Waals surface area contributed by atoms with Crippen LogP contribution in [0.25, 0.3) is 0 Å². The Morgan fingerprint density at radius 1 is 1.32 bits per heavy atom. The van der Waals surface area contributed by atoms with E-state index in [-0.39, 0.29) is 5.75 Å². The number of benzene rings is 1. The molecule has 0 aromatic heterocycles. The second-order valence-electron chi connectivity index (χ2n) is 3.79. The standard InChI is InChI=1S/C11H12I3NO3S/c1-2-3-4-19(17,18)15-11(16)8-5-7(12)6-9(13)10(8)14/h5-6H,2-4H2,1H3,(H,15,16)/p-1. The summed E-state index contributed by atoms with van der Waals surface area (Å²) in [6, 6.07) is 3.58. The lowest BCUT2D eigenvalue weighted by Gasteiger charge is -2.14. The fourth-order valence-corrected chi connectivity index (χ4v) is 4.74. The highest BCUT2D eigenvalue weighted by Crippen LogP contribution is 2.22. The van der Waals surface area contributed by atoms with Crippen LogP contribution in [0.2, 0.25) is 0 Å². The van der Waals surface area contributed by atoms with Crippen LogP contribution in [-0.2, 0) is 10.0 Å². The molecule has 1 aromatic rings. The van der Waals surface area contributed by atoms with Crippen molar-refractivity contribution in [1.82, 2.24) is 0 Å². The van der Waals surface area contributed by atoms with E-state index in [0.29, 0.717) is 12.0 Å². The average molecular weight is 618 g/mol. The molecule has 0 spiro atoms. The van der Waals surface area contributed by atoms with Gasteiger partial charge in [-0.25, -0.2) is 8.42 Å². The van der Waals surface area contributed by atoms with Crippen molar-refractivity contribution < 1.29 is 13.5 Å². The van der Waals surface area contributed by atoms with Crippen LogP contribution < -0.4 is 5.11 Å². The van der Waals surface area contributed by atoms with E-state index < -0.39 is 15.9 Å². The van der Waals surface area contributed by atoms with Gasteiger partial charge in [-0.2, -0.15) is 4.40 Å². The van der Waals surface area contributed by atoms with Gasteiger partial charge in [0.05, 0.1) is 5.75 Å². The summed E-state index contributed by atoms with van der Waals surface area (Å²) in [6.45, 7) is 1.89. The minimum Gasteiger partial charge on any atom is -0.858 e. The van der Waals surface area contributed by atoms with Crippen molar-refractivity contribution >= 4 is 83.7 Å². The Bertz CT molecular complexity index is 599. The molecule has 0 atom stereocenters. The van der Waals surface area contributed by atoms with E-state index in [2.05, 4.69) is 49.6 Å². The van der Waals surface area contributed by atoms with E-state index >= 15 is 0 Å². The van der Waals surface area contributed by atoms with Gasteiger partial charge in [-0.3, -0.25) is 0 Å². The van der Waals surface area contributed by atoms with E-state index in [9.17, 15) is 13.5 Å². The van der Waals surface area contributed by atoms with Crippen LogP contribution >= 0.6 is 67.8 Å². The van der Waals surface area contributed by atoms with Gasteiger partial charge in [0.15, 0.2) is 0 Å². The van der Waals surface area contributed by atoms with Gasteiger partial charge < -0.3 is 5.11 Å². The smallest absolute Gasteiger partial charge is 0.252 e. The molecule has 0 unspecified atom stereocenters. The SMILES string of the molecule is CCCCS(=O)(=O)/N=C(\[O-])c1cc(I)cc(I)c1I. The Kier molecular flexibility index (Phi) is 7.27. The van der Waals surface area contributed by atoms with Gasteiger partial charge in [0, 0.05) is 22.2 Å². The fraction of sp³-hybridized carbons (Fsp3) is 0.364. The quantitative estimate of drug-likeness (QED) is 0.221. The summed E-state index contributed by atoms with van der Waals surface area (Å²) in [5.74, 6) is -0.760. The maximum absolute atomic E-state index is 12.0. The lowest BCUT2D eigenvalue weighted by atomic mass is 10.2. The van der Waals surface area contributed by atoms with Crippen LogP contribution in [0.15, 0.2) is 16.5 Å². The predicted octanol–water partition coefficient (Wildman–Crippen LogP) is 2.74. The van der Waals surface area contributed by atoms with Crippen molar-refractivity contribution in [3.05, 3.63) is 28.4 Å². The summed E-state index contributed by atoms with van der Waals surface area (Å²) < 4.78 is 29.2. The molecule has 0 heterocycles. The number of halogens is 3. The molecule has 19 heavy (non-hydrogen) atoms. The van der Waals surface area contributed by atoms with Crippen molar-refractivity contribution in [2.75, 3.05) is 5.75 Å². The van der Waals surface area contributed by atoms with Gasteiger partial charge in [-0.15, -0.1) is 0 Å². The molecule has 106 valence electrons. The second kappa shape index (κ2) is 7.73. The molecule has 4 nitrogen and oxygen atoms in total. The highest BCUT2D eigenvalue weighted by molar-refractivity contribution is 14.1. The molecule has 1 rings (SSSR count). The molecular weight excluding hydrogens is 607 g/mol. The highest BCUT2D eigenvalue weighted by atomic mass is 127. The number of hydrogen-bond acceptors (Lipinski definition) is 3. The van der Waals surface area contributed by atoms with Crippen LogP contribution in [0.3, 0.4) is 0 Å². The second-order valence-corrected chi connectivity index (χ2v) is 9.03. The van der Waals surface area contributed by atoms with E-state index in [1.165, 1.54) is 0 Å². The number of nitrogens with zero attached hydrogens (tertiary/aromatic N) is 1. The molecular formula is C11H11I3NO3S-. The zero-order valence-electron chi connectivity index (χ0n) is 9.99. The van der Waals surface area contributed by atoms with E-state index in [0.717, 1.165) is 17.1 Å².